The first-order valence-electron chi connectivity index (χ1n) is 9.07. The summed E-state index contributed by atoms with van der Waals surface area (Å²) in [5, 5.41) is 0. The molecule has 3 aliphatic heterocycles. The molecule has 0 radical (unpaired) electrons. The molecule has 0 aliphatic carbocycles. The minimum absolute atomic E-state index is 0.0839. The first kappa shape index (κ1) is 17.6. The van der Waals surface area contributed by atoms with Crippen molar-refractivity contribution in [2.45, 2.75) is 38.7 Å². The molecule has 2 saturated heterocycles. The van der Waals surface area contributed by atoms with E-state index in [0.29, 0.717) is 32.9 Å². The average Bonchev–Trinajstić information content (AvgIpc) is 3.34. The van der Waals surface area contributed by atoms with E-state index in [2.05, 4.69) is 0 Å². The maximum atomic E-state index is 13.0. The van der Waals surface area contributed by atoms with Crippen molar-refractivity contribution in [1.82, 2.24) is 4.90 Å². The van der Waals surface area contributed by atoms with Gasteiger partial charge in [0.1, 0.15) is 6.10 Å². The van der Waals surface area contributed by atoms with Crippen molar-refractivity contribution in [3.05, 3.63) is 23.8 Å². The molecule has 1 aromatic rings. The molecular formula is C19H25NO6. The lowest BCUT2D eigenvalue weighted by atomic mass is 10.1. The van der Waals surface area contributed by atoms with Crippen LogP contribution < -0.4 is 9.47 Å². The number of hydrogen-bond donors (Lipinski definition) is 0. The van der Waals surface area contributed by atoms with Crippen molar-refractivity contribution in [1.29, 1.82) is 0 Å². The zero-order valence-corrected chi connectivity index (χ0v) is 15.2. The molecular weight excluding hydrogens is 338 g/mol. The fourth-order valence-corrected chi connectivity index (χ4v) is 3.58. The molecule has 0 saturated carbocycles. The summed E-state index contributed by atoms with van der Waals surface area (Å²) in [7, 11) is 0. The van der Waals surface area contributed by atoms with Crippen LogP contribution in [0.5, 0.6) is 11.5 Å². The minimum atomic E-state index is -0.603. The minimum Gasteiger partial charge on any atom is -0.454 e. The van der Waals surface area contributed by atoms with E-state index in [-0.39, 0.29) is 24.7 Å². The van der Waals surface area contributed by atoms with Gasteiger partial charge in [0.2, 0.25) is 12.7 Å². The Balaban J connectivity index is 1.49. The number of amides is 1. The van der Waals surface area contributed by atoms with Crippen LogP contribution in [0.2, 0.25) is 0 Å². The van der Waals surface area contributed by atoms with Crippen molar-refractivity contribution < 1.29 is 28.5 Å². The molecule has 142 valence electrons. The van der Waals surface area contributed by atoms with Gasteiger partial charge in [0.15, 0.2) is 17.3 Å². The Bertz CT molecular complexity index is 670. The van der Waals surface area contributed by atoms with E-state index >= 15 is 0 Å². The summed E-state index contributed by atoms with van der Waals surface area (Å²) in [5.41, 5.74) is 1.000. The second-order valence-corrected chi connectivity index (χ2v) is 7.42. The van der Waals surface area contributed by atoms with E-state index in [4.69, 9.17) is 23.7 Å². The Labute approximate surface area is 153 Å². The smallest absolute Gasteiger partial charge is 0.231 e. The van der Waals surface area contributed by atoms with E-state index < -0.39 is 5.79 Å². The van der Waals surface area contributed by atoms with Crippen LogP contribution in [-0.2, 0) is 25.5 Å². The summed E-state index contributed by atoms with van der Waals surface area (Å²) in [6.07, 6.45) is 0.634. The second-order valence-electron chi connectivity index (χ2n) is 7.42. The van der Waals surface area contributed by atoms with Gasteiger partial charge in [-0.1, -0.05) is 6.07 Å². The third-order valence-electron chi connectivity index (χ3n) is 4.89. The summed E-state index contributed by atoms with van der Waals surface area (Å²) in [6, 6.07) is 5.79. The molecule has 2 fully saturated rings. The highest BCUT2D eigenvalue weighted by Gasteiger charge is 2.36. The molecule has 1 amide bonds. The van der Waals surface area contributed by atoms with Crippen molar-refractivity contribution in [3.8, 4) is 11.5 Å². The normalized spacial score (nSPS) is 26.2. The van der Waals surface area contributed by atoms with E-state index in [0.717, 1.165) is 23.5 Å². The van der Waals surface area contributed by atoms with Gasteiger partial charge in [0.25, 0.3) is 0 Å². The van der Waals surface area contributed by atoms with Crippen molar-refractivity contribution in [3.63, 3.8) is 0 Å². The zero-order valence-electron chi connectivity index (χ0n) is 15.2. The summed E-state index contributed by atoms with van der Waals surface area (Å²) in [5.74, 6) is 0.882. The number of hydrogen-bond acceptors (Lipinski definition) is 6. The molecule has 0 spiro atoms. The Morgan fingerprint density at radius 3 is 2.81 bits per heavy atom. The summed E-state index contributed by atoms with van der Waals surface area (Å²) in [6.45, 7) is 6.62. The topological polar surface area (TPSA) is 66.5 Å². The van der Waals surface area contributed by atoms with Crippen LogP contribution in [0.15, 0.2) is 18.2 Å². The van der Waals surface area contributed by atoms with E-state index in [1.54, 1.807) is 0 Å². The van der Waals surface area contributed by atoms with Crippen LogP contribution in [0.4, 0.5) is 0 Å². The third-order valence-corrected chi connectivity index (χ3v) is 4.89. The summed E-state index contributed by atoms with van der Waals surface area (Å²) >= 11 is 0. The molecule has 0 N–H and O–H groups in total. The largest absolute Gasteiger partial charge is 0.454 e. The lowest BCUT2D eigenvalue weighted by Gasteiger charge is -2.28. The standard InChI is InChI=1S/C19H25NO6/c1-19(2)25-11-15(26-19)9-20(18(21)14-5-6-22-10-14)8-13-3-4-16-17(7-13)24-12-23-16/h3-4,7,14-15H,5-6,8-12H2,1-2H3/t14-,15+/m0/s1. The first-order valence-corrected chi connectivity index (χ1v) is 9.07. The summed E-state index contributed by atoms with van der Waals surface area (Å²) < 4.78 is 27.8. The molecule has 7 nitrogen and oxygen atoms in total. The fraction of sp³-hybridized carbons (Fsp3) is 0.632. The van der Waals surface area contributed by atoms with Crippen molar-refractivity contribution in [2.24, 2.45) is 5.92 Å². The highest BCUT2D eigenvalue weighted by Crippen LogP contribution is 2.33. The van der Waals surface area contributed by atoms with Gasteiger partial charge >= 0.3 is 0 Å². The van der Waals surface area contributed by atoms with Crippen LogP contribution in [0, 0.1) is 5.92 Å². The van der Waals surface area contributed by atoms with Crippen molar-refractivity contribution >= 4 is 5.91 Å². The lowest BCUT2D eigenvalue weighted by molar-refractivity contribution is -0.148. The van der Waals surface area contributed by atoms with Gasteiger partial charge in [0, 0.05) is 19.7 Å². The molecule has 0 unspecified atom stereocenters. The number of carbonyl (C=O) groups excluding carboxylic acids is 1. The maximum absolute atomic E-state index is 13.0. The quantitative estimate of drug-likeness (QED) is 0.796. The van der Waals surface area contributed by atoms with Crippen LogP contribution in [0.3, 0.4) is 0 Å². The van der Waals surface area contributed by atoms with Crippen LogP contribution >= 0.6 is 0 Å². The Morgan fingerprint density at radius 1 is 1.23 bits per heavy atom. The van der Waals surface area contributed by atoms with Crippen LogP contribution in [0.25, 0.3) is 0 Å². The SMILES string of the molecule is CC1(C)OC[C@@H](CN(Cc2ccc3c(c2)OCO3)C(=O)[C@H]2CCOC2)O1. The molecule has 2 atom stereocenters. The van der Waals surface area contributed by atoms with E-state index in [9.17, 15) is 4.79 Å². The predicted octanol–water partition coefficient (Wildman–Crippen LogP) is 1.93. The number of nitrogens with zero attached hydrogens (tertiary/aromatic N) is 1. The number of carbonyl (C=O) groups is 1. The second kappa shape index (κ2) is 7.06. The molecule has 4 rings (SSSR count). The number of fused-ring (bicyclic) bond motifs is 1. The molecule has 3 heterocycles. The first-order chi connectivity index (χ1) is 12.5. The van der Waals surface area contributed by atoms with Gasteiger partial charge in [0.05, 0.1) is 19.1 Å². The highest BCUT2D eigenvalue weighted by atomic mass is 16.7. The molecule has 0 aromatic heterocycles. The monoisotopic (exact) mass is 363 g/mol. The number of rotatable bonds is 5. The number of benzene rings is 1. The van der Waals surface area contributed by atoms with Crippen molar-refractivity contribution in [2.75, 3.05) is 33.2 Å². The zero-order chi connectivity index (χ0) is 18.1. The van der Waals surface area contributed by atoms with Gasteiger partial charge in [-0.15, -0.1) is 0 Å². The van der Waals surface area contributed by atoms with E-state index in [1.165, 1.54) is 0 Å². The van der Waals surface area contributed by atoms with Gasteiger partial charge in [-0.05, 0) is 38.0 Å². The average molecular weight is 363 g/mol. The number of ether oxygens (including phenoxy) is 5. The lowest BCUT2D eigenvalue weighted by Crippen LogP contribution is -2.42. The predicted molar refractivity (Wildman–Crippen MR) is 91.8 cm³/mol. The Hall–Kier alpha value is -1.83. The Morgan fingerprint density at radius 2 is 2.08 bits per heavy atom. The molecule has 26 heavy (non-hydrogen) atoms. The van der Waals surface area contributed by atoms with Gasteiger partial charge < -0.3 is 28.6 Å². The Kier molecular flexibility index (Phi) is 4.77. The summed E-state index contributed by atoms with van der Waals surface area (Å²) in [4.78, 5) is 14.9. The van der Waals surface area contributed by atoms with Gasteiger partial charge in [-0.2, -0.15) is 0 Å². The molecule has 7 heteroatoms. The highest BCUT2D eigenvalue weighted by molar-refractivity contribution is 5.79. The fourth-order valence-electron chi connectivity index (χ4n) is 3.58. The third kappa shape index (κ3) is 3.79. The van der Waals surface area contributed by atoms with E-state index in [1.807, 2.05) is 36.9 Å². The van der Waals surface area contributed by atoms with Gasteiger partial charge in [-0.3, -0.25) is 4.79 Å². The maximum Gasteiger partial charge on any atom is 0.231 e. The molecule has 1 aromatic carbocycles. The molecule has 3 aliphatic rings. The molecule has 0 bridgehead atoms. The van der Waals surface area contributed by atoms with Crippen LogP contribution in [0.1, 0.15) is 25.8 Å². The van der Waals surface area contributed by atoms with Gasteiger partial charge in [-0.25, -0.2) is 0 Å². The van der Waals surface area contributed by atoms with Crippen LogP contribution in [-0.4, -0.2) is 55.9 Å².